The van der Waals surface area contributed by atoms with Crippen molar-refractivity contribution < 1.29 is 27.9 Å². The van der Waals surface area contributed by atoms with Crippen LogP contribution in [0.4, 0.5) is 0 Å². The Morgan fingerprint density at radius 1 is 0.826 bits per heavy atom. The number of pyridine rings is 1. The van der Waals surface area contributed by atoms with E-state index in [1.165, 1.54) is 53.0 Å². The molecule has 0 spiro atoms. The Balaban J connectivity index is 0.000000221. The molecule has 0 saturated heterocycles. The maximum atomic E-state index is 13.1. The molecule has 1 aliphatic carbocycles. The number of benzene rings is 5. The second-order valence-corrected chi connectivity index (χ2v) is 12.7. The summed E-state index contributed by atoms with van der Waals surface area (Å²) in [4.78, 5) is 15.4. The van der Waals surface area contributed by atoms with Crippen molar-refractivity contribution >= 4 is 48.4 Å². The van der Waals surface area contributed by atoms with Crippen LogP contribution in [0.25, 0.3) is 32.4 Å². The van der Waals surface area contributed by atoms with Crippen LogP contribution in [0.5, 0.6) is 11.5 Å². The van der Waals surface area contributed by atoms with Gasteiger partial charge >= 0.3 is 0 Å². The molecule has 1 heterocycles. The van der Waals surface area contributed by atoms with Crippen molar-refractivity contribution in [2.45, 2.75) is 30.2 Å². The Hall–Kier alpha value is -5.03. The van der Waals surface area contributed by atoms with E-state index in [1.807, 2.05) is 12.1 Å². The molecule has 5 aromatic carbocycles. The molecule has 0 aliphatic heterocycles. The Morgan fingerprint density at radius 3 is 2.41 bits per heavy atom. The highest BCUT2D eigenvalue weighted by Crippen LogP contribution is 2.34. The number of rotatable bonds is 6. The van der Waals surface area contributed by atoms with Crippen LogP contribution in [-0.2, 0) is 22.9 Å². The van der Waals surface area contributed by atoms with E-state index >= 15 is 0 Å². The summed E-state index contributed by atoms with van der Waals surface area (Å²) in [7, 11) is -0.674. The van der Waals surface area contributed by atoms with Crippen LogP contribution < -0.4 is 19.7 Å². The first-order valence-electron chi connectivity index (χ1n) is 14.8. The van der Waals surface area contributed by atoms with Gasteiger partial charge in [-0.1, -0.05) is 54.6 Å². The number of nitrogens with zero attached hydrogens (tertiary/aromatic N) is 1. The molecule has 1 aliphatic rings. The average molecular weight is 636 g/mol. The molecule has 6 aromatic rings. The molecule has 0 saturated carbocycles. The van der Waals surface area contributed by atoms with E-state index in [2.05, 4.69) is 52.2 Å². The third-order valence-electron chi connectivity index (χ3n) is 8.30. The van der Waals surface area contributed by atoms with Crippen LogP contribution in [-0.4, -0.2) is 44.8 Å². The minimum Gasteiger partial charge on any atom is -0.493 e. The average Bonchev–Trinajstić information content (AvgIpc) is 3.10. The number of methoxy groups -OCH3 is 2. The van der Waals surface area contributed by atoms with Crippen molar-refractivity contribution in [2.75, 3.05) is 14.2 Å². The predicted octanol–water partition coefficient (Wildman–Crippen LogP) is 6.20. The van der Waals surface area contributed by atoms with Gasteiger partial charge in [-0.15, -0.1) is 0 Å². The first-order valence-corrected chi connectivity index (χ1v) is 16.3. The van der Waals surface area contributed by atoms with Crippen LogP contribution in [0.15, 0.2) is 108 Å². The van der Waals surface area contributed by atoms with Crippen molar-refractivity contribution in [3.63, 3.8) is 0 Å². The molecular weight excluding hydrogens is 602 g/mol. The van der Waals surface area contributed by atoms with E-state index in [0.717, 1.165) is 23.7 Å². The van der Waals surface area contributed by atoms with Crippen molar-refractivity contribution in [3.8, 4) is 11.5 Å². The Morgan fingerprint density at radius 2 is 1.61 bits per heavy atom. The molecule has 10 heteroatoms. The molecule has 234 valence electrons. The minimum absolute atomic E-state index is 0.169. The van der Waals surface area contributed by atoms with E-state index in [-0.39, 0.29) is 10.9 Å². The predicted molar refractivity (Wildman–Crippen MR) is 178 cm³/mol. The lowest BCUT2D eigenvalue weighted by atomic mass is 9.84. The van der Waals surface area contributed by atoms with E-state index in [9.17, 15) is 13.2 Å². The van der Waals surface area contributed by atoms with Crippen LogP contribution in [0.2, 0.25) is 0 Å². The number of hydroxylamine groups is 1. The number of hydrogen-bond donors (Lipinski definition) is 3. The highest BCUT2D eigenvalue weighted by molar-refractivity contribution is 7.89. The van der Waals surface area contributed by atoms with Gasteiger partial charge in [0.25, 0.3) is 5.91 Å². The van der Waals surface area contributed by atoms with Crippen LogP contribution in [0.1, 0.15) is 27.9 Å². The maximum Gasteiger partial charge on any atom is 0.274 e. The summed E-state index contributed by atoms with van der Waals surface area (Å²) >= 11 is 0. The first-order chi connectivity index (χ1) is 22.3. The zero-order valence-electron chi connectivity index (χ0n) is 25.4. The maximum absolute atomic E-state index is 13.1. The number of amides is 1. The first kappa shape index (κ1) is 31.0. The smallest absolute Gasteiger partial charge is 0.274 e. The molecule has 7 rings (SSSR count). The Kier molecular flexibility index (Phi) is 8.85. The monoisotopic (exact) mass is 635 g/mol. The number of carbonyl (C=O) groups excluding carboxylic acids is 1. The zero-order chi connectivity index (χ0) is 32.3. The van der Waals surface area contributed by atoms with Crippen molar-refractivity contribution in [2.24, 2.45) is 0 Å². The van der Waals surface area contributed by atoms with Gasteiger partial charge < -0.3 is 9.47 Å². The molecule has 46 heavy (non-hydrogen) atoms. The molecule has 1 unspecified atom stereocenters. The number of ether oxygens (including phenoxy) is 2. The highest BCUT2D eigenvalue weighted by atomic mass is 32.2. The fourth-order valence-corrected chi connectivity index (χ4v) is 7.29. The fraction of sp³-hybridized carbons (Fsp3) is 0.167. The van der Waals surface area contributed by atoms with Crippen LogP contribution in [0, 0.1) is 0 Å². The Bertz CT molecular complexity index is 2180. The lowest BCUT2D eigenvalue weighted by Gasteiger charge is -2.27. The van der Waals surface area contributed by atoms with Gasteiger partial charge in [0.05, 0.1) is 24.6 Å². The van der Waals surface area contributed by atoms with Gasteiger partial charge in [-0.2, -0.15) is 0 Å². The van der Waals surface area contributed by atoms with Gasteiger partial charge in [0.15, 0.2) is 11.5 Å². The van der Waals surface area contributed by atoms with Gasteiger partial charge in [-0.05, 0) is 88.3 Å². The highest BCUT2D eigenvalue weighted by Gasteiger charge is 2.26. The molecule has 1 aromatic heterocycles. The van der Waals surface area contributed by atoms with E-state index in [1.54, 1.807) is 48.1 Å². The SMILES string of the molecule is COc1ccc(S(=O)(=O)NC2CCc3ccc4c(ccc5ccccc54)c3C2)cc1OC.O=C(NO)c1ccc2ncccc2c1. The topological polar surface area (TPSA) is 127 Å². The Labute approximate surface area is 266 Å². The van der Waals surface area contributed by atoms with Gasteiger partial charge in [0.1, 0.15) is 0 Å². The number of hydrogen-bond acceptors (Lipinski definition) is 7. The molecule has 1 amide bonds. The van der Waals surface area contributed by atoms with Crippen molar-refractivity contribution in [3.05, 3.63) is 120 Å². The number of aryl methyl sites for hydroxylation is 1. The summed E-state index contributed by atoms with van der Waals surface area (Å²) in [5.41, 5.74) is 5.35. The standard InChI is InChI=1S/C26H25NO4S.C10H8N2O2/c1-30-25-14-11-20(16-26(25)31-2)32(28,29)27-19-10-7-18-9-12-22-21-6-4-3-5-17(21)8-13-23(22)24(18)15-19;13-10(12-14)8-3-4-9-7(6-8)2-1-5-11-9/h3-6,8-9,11-14,16,19,27H,7,10,15H2,1-2H3;1-6,14H,(H,12,13). The number of nitrogens with one attached hydrogen (secondary N) is 2. The zero-order valence-corrected chi connectivity index (χ0v) is 26.2. The van der Waals surface area contributed by atoms with Crippen LogP contribution >= 0.6 is 0 Å². The molecule has 3 N–H and O–H groups in total. The third-order valence-corrected chi connectivity index (χ3v) is 9.82. The summed E-state index contributed by atoms with van der Waals surface area (Å²) in [6.45, 7) is 0. The summed E-state index contributed by atoms with van der Waals surface area (Å²) < 4.78 is 39.6. The quantitative estimate of drug-likeness (QED) is 0.113. The van der Waals surface area contributed by atoms with E-state index in [0.29, 0.717) is 23.5 Å². The van der Waals surface area contributed by atoms with Crippen molar-refractivity contribution in [1.82, 2.24) is 15.2 Å². The van der Waals surface area contributed by atoms with Gasteiger partial charge in [-0.25, -0.2) is 18.6 Å². The van der Waals surface area contributed by atoms with E-state index in [4.69, 9.17) is 14.7 Å². The summed E-state index contributed by atoms with van der Waals surface area (Å²) in [5, 5.41) is 14.2. The number of fused-ring (bicyclic) bond motifs is 6. The lowest BCUT2D eigenvalue weighted by molar-refractivity contribution is 0.0706. The lowest BCUT2D eigenvalue weighted by Crippen LogP contribution is -2.38. The number of aromatic nitrogens is 1. The molecule has 1 atom stereocenters. The minimum atomic E-state index is -3.69. The van der Waals surface area contributed by atoms with Crippen LogP contribution in [0.3, 0.4) is 0 Å². The molecule has 0 radical (unpaired) electrons. The summed E-state index contributed by atoms with van der Waals surface area (Å²) in [6, 6.07) is 30.2. The van der Waals surface area contributed by atoms with Gasteiger partial charge in [-0.3, -0.25) is 15.0 Å². The molecule has 9 nitrogen and oxygen atoms in total. The van der Waals surface area contributed by atoms with E-state index < -0.39 is 15.9 Å². The summed E-state index contributed by atoms with van der Waals surface area (Å²) in [6.07, 6.45) is 3.96. The molecule has 0 bridgehead atoms. The van der Waals surface area contributed by atoms with Gasteiger partial charge in [0, 0.05) is 29.3 Å². The number of carbonyl (C=O) groups is 1. The second-order valence-electron chi connectivity index (χ2n) is 11.0. The number of sulfonamides is 1. The molecule has 0 fully saturated rings. The largest absolute Gasteiger partial charge is 0.493 e. The van der Waals surface area contributed by atoms with Gasteiger partial charge in [0.2, 0.25) is 10.0 Å². The van der Waals surface area contributed by atoms with Crippen molar-refractivity contribution in [1.29, 1.82) is 0 Å². The summed E-state index contributed by atoms with van der Waals surface area (Å²) in [5.74, 6) is 0.370. The fourth-order valence-electron chi connectivity index (χ4n) is 6.00. The second kappa shape index (κ2) is 13.1. The normalized spacial score (nSPS) is 14.3. The molecular formula is C36H33N3O6S. The third kappa shape index (κ3) is 6.23.